The predicted molar refractivity (Wildman–Crippen MR) is 63.7 cm³/mol. The van der Waals surface area contributed by atoms with Gasteiger partial charge in [0.15, 0.2) is 9.84 Å². The molecule has 0 radical (unpaired) electrons. The van der Waals surface area contributed by atoms with E-state index in [4.69, 9.17) is 0 Å². The molecule has 0 N–H and O–H groups in total. The van der Waals surface area contributed by atoms with Crippen molar-refractivity contribution in [1.82, 2.24) is 0 Å². The van der Waals surface area contributed by atoms with Crippen molar-refractivity contribution < 1.29 is 8.42 Å². The van der Waals surface area contributed by atoms with E-state index in [0.29, 0.717) is 0 Å². The molecule has 1 aliphatic rings. The van der Waals surface area contributed by atoms with Crippen molar-refractivity contribution >= 4 is 21.6 Å². The third-order valence-electron chi connectivity index (χ3n) is 2.25. The molecule has 0 amide bonds. The van der Waals surface area contributed by atoms with Crippen LogP contribution >= 0.6 is 11.8 Å². The molecule has 0 saturated heterocycles. The zero-order chi connectivity index (χ0) is 10.9. The van der Waals surface area contributed by atoms with Crippen molar-refractivity contribution in [2.24, 2.45) is 0 Å². The lowest BCUT2D eigenvalue weighted by atomic mass is 10.3. The van der Waals surface area contributed by atoms with Crippen LogP contribution in [-0.4, -0.2) is 19.9 Å². The van der Waals surface area contributed by atoms with Gasteiger partial charge in [0.1, 0.15) is 0 Å². The highest BCUT2D eigenvalue weighted by Crippen LogP contribution is 2.34. The van der Waals surface area contributed by atoms with Gasteiger partial charge in [0.05, 0.1) is 11.5 Å². The smallest absolute Gasteiger partial charge is 0.158 e. The normalized spacial score (nSPS) is 19.5. The van der Waals surface area contributed by atoms with Crippen LogP contribution in [0.1, 0.15) is 6.92 Å². The van der Waals surface area contributed by atoms with Crippen molar-refractivity contribution in [2.45, 2.75) is 11.8 Å². The summed E-state index contributed by atoms with van der Waals surface area (Å²) in [6.45, 7) is 1.90. The van der Waals surface area contributed by atoms with E-state index >= 15 is 0 Å². The van der Waals surface area contributed by atoms with Crippen molar-refractivity contribution in [2.75, 3.05) is 11.5 Å². The molecular formula is C11H12O2S2. The molecule has 0 bridgehead atoms. The Morgan fingerprint density at radius 2 is 1.80 bits per heavy atom. The van der Waals surface area contributed by atoms with Crippen LogP contribution < -0.4 is 0 Å². The molecular weight excluding hydrogens is 228 g/mol. The van der Waals surface area contributed by atoms with Gasteiger partial charge in [0.25, 0.3) is 0 Å². The topological polar surface area (TPSA) is 34.1 Å². The molecule has 0 aliphatic carbocycles. The zero-order valence-corrected chi connectivity index (χ0v) is 10.1. The number of thioether (sulfide) groups is 1. The highest BCUT2D eigenvalue weighted by atomic mass is 32.2. The van der Waals surface area contributed by atoms with Gasteiger partial charge in [0, 0.05) is 9.80 Å². The van der Waals surface area contributed by atoms with Crippen molar-refractivity contribution in [3.05, 3.63) is 40.8 Å². The summed E-state index contributed by atoms with van der Waals surface area (Å²) in [7, 11) is -2.86. The van der Waals surface area contributed by atoms with Gasteiger partial charge in [-0.2, -0.15) is 0 Å². The van der Waals surface area contributed by atoms with Gasteiger partial charge in [-0.15, -0.1) is 0 Å². The fourth-order valence-corrected chi connectivity index (χ4v) is 4.80. The van der Waals surface area contributed by atoms with Gasteiger partial charge in [-0.05, 0) is 24.6 Å². The molecule has 2 rings (SSSR count). The lowest BCUT2D eigenvalue weighted by molar-refractivity contribution is 0.603. The second-order valence-corrected chi connectivity index (χ2v) is 6.88. The van der Waals surface area contributed by atoms with Crippen molar-refractivity contribution in [1.29, 1.82) is 0 Å². The Bertz CT molecular complexity index is 487. The first-order valence-corrected chi connectivity index (χ1v) is 7.32. The molecule has 0 unspecified atom stereocenters. The van der Waals surface area contributed by atoms with Gasteiger partial charge in [0.2, 0.25) is 0 Å². The maximum absolute atomic E-state index is 11.4. The van der Waals surface area contributed by atoms with E-state index in [1.807, 2.05) is 37.3 Å². The Kier molecular flexibility index (Phi) is 2.89. The maximum atomic E-state index is 11.4. The van der Waals surface area contributed by atoms with Crippen LogP contribution in [0.15, 0.2) is 45.7 Å². The standard InChI is InChI=1S/C11H12O2S2/c1-9-7-15(12,13)8-11(9)14-10-5-3-2-4-6-10/h2-6H,7-8H2,1H3. The van der Waals surface area contributed by atoms with E-state index in [2.05, 4.69) is 0 Å². The summed E-state index contributed by atoms with van der Waals surface area (Å²) < 4.78 is 22.8. The molecule has 2 nitrogen and oxygen atoms in total. The van der Waals surface area contributed by atoms with E-state index in [0.717, 1.165) is 15.4 Å². The number of rotatable bonds is 2. The van der Waals surface area contributed by atoms with Crippen LogP contribution in [0.5, 0.6) is 0 Å². The molecule has 1 heterocycles. The van der Waals surface area contributed by atoms with Gasteiger partial charge in [-0.3, -0.25) is 0 Å². The third kappa shape index (κ3) is 2.63. The molecule has 0 aromatic heterocycles. The highest BCUT2D eigenvalue weighted by Gasteiger charge is 2.25. The first kappa shape index (κ1) is 10.8. The van der Waals surface area contributed by atoms with Crippen LogP contribution in [0.3, 0.4) is 0 Å². The first-order chi connectivity index (χ1) is 7.07. The Hall–Kier alpha value is -0.740. The zero-order valence-electron chi connectivity index (χ0n) is 8.43. The fraction of sp³-hybridized carbons (Fsp3) is 0.273. The Balaban J connectivity index is 2.18. The van der Waals surface area contributed by atoms with Crippen molar-refractivity contribution in [3.63, 3.8) is 0 Å². The lowest BCUT2D eigenvalue weighted by Gasteiger charge is -2.01. The van der Waals surface area contributed by atoms with Gasteiger partial charge in [-0.1, -0.05) is 30.0 Å². The summed E-state index contributed by atoms with van der Waals surface area (Å²) in [5.74, 6) is 0.431. The molecule has 15 heavy (non-hydrogen) atoms. The average Bonchev–Trinajstić information content (AvgIpc) is 2.41. The first-order valence-electron chi connectivity index (χ1n) is 4.69. The van der Waals surface area contributed by atoms with E-state index in [9.17, 15) is 8.42 Å². The number of benzene rings is 1. The largest absolute Gasteiger partial charge is 0.228 e. The number of hydrogen-bond donors (Lipinski definition) is 0. The van der Waals surface area contributed by atoms with Gasteiger partial charge < -0.3 is 0 Å². The molecule has 4 heteroatoms. The Morgan fingerprint density at radius 3 is 2.33 bits per heavy atom. The van der Waals surface area contributed by atoms with Crippen molar-refractivity contribution in [3.8, 4) is 0 Å². The van der Waals surface area contributed by atoms with Crippen LogP contribution in [0.4, 0.5) is 0 Å². The Labute approximate surface area is 94.3 Å². The molecule has 0 saturated carbocycles. The van der Waals surface area contributed by atoms with E-state index in [1.54, 1.807) is 11.8 Å². The fourth-order valence-electron chi connectivity index (χ4n) is 1.53. The van der Waals surface area contributed by atoms with Crippen LogP contribution in [0.2, 0.25) is 0 Å². The van der Waals surface area contributed by atoms with Gasteiger partial charge >= 0.3 is 0 Å². The van der Waals surface area contributed by atoms with E-state index in [1.165, 1.54) is 0 Å². The number of sulfone groups is 1. The lowest BCUT2D eigenvalue weighted by Crippen LogP contribution is -2.02. The minimum absolute atomic E-state index is 0.207. The average molecular weight is 240 g/mol. The molecule has 1 aliphatic heterocycles. The minimum Gasteiger partial charge on any atom is -0.228 e. The third-order valence-corrected chi connectivity index (χ3v) is 5.28. The summed E-state index contributed by atoms with van der Waals surface area (Å²) in [4.78, 5) is 2.09. The SMILES string of the molecule is CC1=C(Sc2ccccc2)CS(=O)(=O)C1. The molecule has 80 valence electrons. The monoisotopic (exact) mass is 240 g/mol. The number of hydrogen-bond acceptors (Lipinski definition) is 3. The summed E-state index contributed by atoms with van der Waals surface area (Å²) in [5, 5.41) is 0. The quantitative estimate of drug-likeness (QED) is 0.796. The summed E-state index contributed by atoms with van der Waals surface area (Å²) in [6, 6.07) is 9.87. The molecule has 1 aromatic rings. The second kappa shape index (κ2) is 4.02. The minimum atomic E-state index is -2.86. The van der Waals surface area contributed by atoms with Gasteiger partial charge in [-0.25, -0.2) is 8.42 Å². The molecule has 0 fully saturated rings. The summed E-state index contributed by atoms with van der Waals surface area (Å²) in [5.41, 5.74) is 0.990. The second-order valence-electron chi connectivity index (χ2n) is 3.65. The van der Waals surface area contributed by atoms with E-state index < -0.39 is 9.84 Å². The van der Waals surface area contributed by atoms with E-state index in [-0.39, 0.29) is 11.5 Å². The molecule has 0 atom stereocenters. The summed E-state index contributed by atoms with van der Waals surface area (Å²) in [6.07, 6.45) is 0. The van der Waals surface area contributed by atoms with Crippen LogP contribution in [0.25, 0.3) is 0 Å². The van der Waals surface area contributed by atoms with Crippen LogP contribution in [-0.2, 0) is 9.84 Å². The van der Waals surface area contributed by atoms with Crippen LogP contribution in [0, 0.1) is 0 Å². The molecule has 1 aromatic carbocycles. The maximum Gasteiger partial charge on any atom is 0.158 e. The Morgan fingerprint density at radius 1 is 1.13 bits per heavy atom. The predicted octanol–water partition coefficient (Wildman–Crippen LogP) is 2.48. The molecule has 0 spiro atoms. The summed E-state index contributed by atoms with van der Waals surface area (Å²) >= 11 is 1.56. The highest BCUT2D eigenvalue weighted by molar-refractivity contribution is 8.05.